The van der Waals surface area contributed by atoms with Gasteiger partial charge in [0.05, 0.1) is 0 Å². The molecule has 1 unspecified atom stereocenters. The lowest BCUT2D eigenvalue weighted by atomic mass is 9.75. The number of hydrogen-bond donors (Lipinski definition) is 0. The van der Waals surface area contributed by atoms with Crippen LogP contribution in [-0.2, 0) is 0 Å². The van der Waals surface area contributed by atoms with E-state index < -0.39 is 0 Å². The van der Waals surface area contributed by atoms with Crippen LogP contribution in [0.5, 0.6) is 0 Å². The van der Waals surface area contributed by atoms with Crippen LogP contribution in [0, 0.1) is 5.92 Å². The van der Waals surface area contributed by atoms with E-state index in [0.717, 1.165) is 6.42 Å². The molecule has 2 aromatic carbocycles. The Labute approximate surface area is 127 Å². The highest BCUT2D eigenvalue weighted by Gasteiger charge is 2.26. The standard InChI is InChI=1S/C21H22/c1-2-20(17-11-9-10-12-17)21(18-13-5-3-6-14-18)19-15-7-4-8-16-19/h3-11,13-16,20-21H,2,12H2,1H3. The number of rotatable bonds is 5. The molecular formula is C21H22. The zero-order valence-electron chi connectivity index (χ0n) is 12.6. The third-order valence-corrected chi connectivity index (χ3v) is 4.44. The molecule has 21 heavy (non-hydrogen) atoms. The second kappa shape index (κ2) is 6.58. The third kappa shape index (κ3) is 3.00. The van der Waals surface area contributed by atoms with Crippen LogP contribution in [0.4, 0.5) is 0 Å². The van der Waals surface area contributed by atoms with Gasteiger partial charge in [-0.1, -0.05) is 91.4 Å². The largest absolute Gasteiger partial charge is 0.0805 e. The molecular weight excluding hydrogens is 252 g/mol. The van der Waals surface area contributed by atoms with Crippen molar-refractivity contribution in [1.82, 2.24) is 0 Å². The predicted octanol–water partition coefficient (Wildman–Crippen LogP) is 5.73. The van der Waals surface area contributed by atoms with Gasteiger partial charge in [0.2, 0.25) is 0 Å². The van der Waals surface area contributed by atoms with E-state index in [1.54, 1.807) is 5.57 Å². The van der Waals surface area contributed by atoms with Crippen LogP contribution in [0.1, 0.15) is 36.8 Å². The molecule has 0 aliphatic heterocycles. The van der Waals surface area contributed by atoms with Crippen molar-refractivity contribution >= 4 is 0 Å². The SMILES string of the molecule is CCC(C1=CC=CC1)C(c1ccccc1)c1ccccc1. The van der Waals surface area contributed by atoms with Gasteiger partial charge in [-0.25, -0.2) is 0 Å². The first kappa shape index (κ1) is 13.9. The van der Waals surface area contributed by atoms with E-state index in [4.69, 9.17) is 0 Å². The van der Waals surface area contributed by atoms with E-state index in [0.29, 0.717) is 11.8 Å². The highest BCUT2D eigenvalue weighted by Crippen LogP contribution is 2.40. The van der Waals surface area contributed by atoms with Crippen molar-refractivity contribution in [2.75, 3.05) is 0 Å². The van der Waals surface area contributed by atoms with Crippen molar-refractivity contribution in [1.29, 1.82) is 0 Å². The van der Waals surface area contributed by atoms with Gasteiger partial charge >= 0.3 is 0 Å². The van der Waals surface area contributed by atoms with E-state index >= 15 is 0 Å². The highest BCUT2D eigenvalue weighted by molar-refractivity contribution is 5.38. The molecule has 1 atom stereocenters. The Kier molecular flexibility index (Phi) is 4.35. The minimum absolute atomic E-state index is 0.448. The molecule has 0 heterocycles. The van der Waals surface area contributed by atoms with Gasteiger partial charge < -0.3 is 0 Å². The van der Waals surface area contributed by atoms with Crippen LogP contribution in [0.3, 0.4) is 0 Å². The second-order valence-electron chi connectivity index (χ2n) is 5.69. The molecule has 0 saturated heterocycles. The molecule has 0 heteroatoms. The van der Waals surface area contributed by atoms with Gasteiger partial charge in [-0.3, -0.25) is 0 Å². The molecule has 0 saturated carbocycles. The highest BCUT2D eigenvalue weighted by atomic mass is 14.3. The van der Waals surface area contributed by atoms with Crippen molar-refractivity contribution in [3.05, 3.63) is 95.6 Å². The number of allylic oxidation sites excluding steroid dienone is 4. The fraction of sp³-hybridized carbons (Fsp3) is 0.238. The maximum absolute atomic E-state index is 2.31. The molecule has 0 aromatic heterocycles. The summed E-state index contributed by atoms with van der Waals surface area (Å²) in [7, 11) is 0. The smallest absolute Gasteiger partial charge is 0.0155 e. The first-order valence-corrected chi connectivity index (χ1v) is 7.85. The Morgan fingerprint density at radius 3 is 1.86 bits per heavy atom. The Morgan fingerprint density at radius 2 is 1.43 bits per heavy atom. The summed E-state index contributed by atoms with van der Waals surface area (Å²) >= 11 is 0. The van der Waals surface area contributed by atoms with Crippen LogP contribution in [0.15, 0.2) is 84.5 Å². The van der Waals surface area contributed by atoms with Gasteiger partial charge in [-0.05, 0) is 29.9 Å². The van der Waals surface area contributed by atoms with Crippen molar-refractivity contribution in [3.63, 3.8) is 0 Å². The van der Waals surface area contributed by atoms with Gasteiger partial charge in [0.1, 0.15) is 0 Å². The Balaban J connectivity index is 2.03. The van der Waals surface area contributed by atoms with E-state index in [9.17, 15) is 0 Å². The summed E-state index contributed by atoms with van der Waals surface area (Å²) in [5, 5.41) is 0. The van der Waals surface area contributed by atoms with Crippen molar-refractivity contribution in [3.8, 4) is 0 Å². The van der Waals surface area contributed by atoms with E-state index in [1.165, 1.54) is 17.5 Å². The summed E-state index contributed by atoms with van der Waals surface area (Å²) in [5.74, 6) is 1.02. The van der Waals surface area contributed by atoms with E-state index in [2.05, 4.69) is 85.8 Å². The zero-order valence-corrected chi connectivity index (χ0v) is 12.6. The maximum atomic E-state index is 2.31. The molecule has 0 nitrogen and oxygen atoms in total. The predicted molar refractivity (Wildman–Crippen MR) is 90.3 cm³/mol. The van der Waals surface area contributed by atoms with Crippen molar-refractivity contribution in [2.45, 2.75) is 25.7 Å². The topological polar surface area (TPSA) is 0 Å². The van der Waals surface area contributed by atoms with E-state index in [1.807, 2.05) is 0 Å². The summed E-state index contributed by atoms with van der Waals surface area (Å²) in [6.45, 7) is 2.31. The number of benzene rings is 2. The Morgan fingerprint density at radius 1 is 0.857 bits per heavy atom. The normalized spacial score (nSPS) is 15.2. The zero-order chi connectivity index (χ0) is 14.5. The summed E-state index contributed by atoms with van der Waals surface area (Å²) in [6, 6.07) is 21.9. The van der Waals surface area contributed by atoms with Crippen molar-refractivity contribution in [2.24, 2.45) is 5.92 Å². The lowest BCUT2D eigenvalue weighted by molar-refractivity contribution is 0.516. The quantitative estimate of drug-likeness (QED) is 0.653. The van der Waals surface area contributed by atoms with Gasteiger partial charge in [0.15, 0.2) is 0 Å². The minimum Gasteiger partial charge on any atom is -0.0805 e. The molecule has 0 bridgehead atoms. The molecule has 0 amide bonds. The molecule has 2 aromatic rings. The third-order valence-electron chi connectivity index (χ3n) is 4.44. The molecule has 1 aliphatic carbocycles. The van der Waals surface area contributed by atoms with Gasteiger partial charge in [0, 0.05) is 5.92 Å². The summed E-state index contributed by atoms with van der Waals surface area (Å²) in [5.41, 5.74) is 4.40. The Hall–Kier alpha value is -2.08. The molecule has 0 N–H and O–H groups in total. The molecule has 0 fully saturated rings. The summed E-state index contributed by atoms with van der Waals surface area (Å²) in [6.07, 6.45) is 9.06. The molecule has 3 rings (SSSR count). The van der Waals surface area contributed by atoms with Crippen LogP contribution < -0.4 is 0 Å². The van der Waals surface area contributed by atoms with Crippen LogP contribution in [0.25, 0.3) is 0 Å². The average Bonchev–Trinajstić information content (AvgIpc) is 3.08. The molecule has 0 spiro atoms. The minimum atomic E-state index is 0.448. The first-order chi connectivity index (χ1) is 10.4. The van der Waals surface area contributed by atoms with Crippen molar-refractivity contribution < 1.29 is 0 Å². The van der Waals surface area contributed by atoms with Gasteiger partial charge in [-0.2, -0.15) is 0 Å². The maximum Gasteiger partial charge on any atom is 0.0155 e. The second-order valence-corrected chi connectivity index (χ2v) is 5.69. The van der Waals surface area contributed by atoms with Crippen LogP contribution in [0.2, 0.25) is 0 Å². The molecule has 1 aliphatic rings. The van der Waals surface area contributed by atoms with Crippen LogP contribution in [-0.4, -0.2) is 0 Å². The summed E-state index contributed by atoms with van der Waals surface area (Å²) in [4.78, 5) is 0. The molecule has 106 valence electrons. The van der Waals surface area contributed by atoms with Gasteiger partial charge in [-0.15, -0.1) is 0 Å². The molecule has 0 radical (unpaired) electrons. The number of hydrogen-bond acceptors (Lipinski definition) is 0. The van der Waals surface area contributed by atoms with E-state index in [-0.39, 0.29) is 0 Å². The lowest BCUT2D eigenvalue weighted by Crippen LogP contribution is -2.15. The average molecular weight is 274 g/mol. The monoisotopic (exact) mass is 274 g/mol. The summed E-state index contributed by atoms with van der Waals surface area (Å²) < 4.78 is 0. The first-order valence-electron chi connectivity index (χ1n) is 7.85. The van der Waals surface area contributed by atoms with Gasteiger partial charge in [0.25, 0.3) is 0 Å². The lowest BCUT2D eigenvalue weighted by Gasteiger charge is -2.28. The fourth-order valence-corrected chi connectivity index (χ4v) is 3.43. The Bertz CT molecular complexity index is 580. The van der Waals surface area contributed by atoms with Crippen LogP contribution >= 0.6 is 0 Å². The fourth-order valence-electron chi connectivity index (χ4n) is 3.43.